The van der Waals surface area contributed by atoms with Crippen LogP contribution in [0.5, 0.6) is 0 Å². The van der Waals surface area contributed by atoms with Crippen LogP contribution in [0.1, 0.15) is 1.43 Å². The maximum absolute atomic E-state index is 9.35. The first kappa shape index (κ1) is 12.3. The zero-order chi connectivity index (χ0) is 8.78. The van der Waals surface area contributed by atoms with Crippen molar-refractivity contribution in [1.29, 1.82) is 0 Å². The maximum Gasteiger partial charge on any atom is 1.00 e. The van der Waals surface area contributed by atoms with Crippen LogP contribution >= 0.6 is 7.60 Å². The molecule has 4 N–H and O–H groups in total. The molecule has 7 heteroatoms. The summed E-state index contributed by atoms with van der Waals surface area (Å²) >= 11 is 0. The Morgan fingerprint density at radius 3 is 1.70 bits per heavy atom. The van der Waals surface area contributed by atoms with E-state index in [2.05, 4.69) is 5.73 Å². The van der Waals surface area contributed by atoms with Gasteiger partial charge >= 0.3 is 1.43 Å². The van der Waals surface area contributed by atoms with Crippen LogP contribution in [-0.4, -0.2) is 19.7 Å². The van der Waals surface area contributed by atoms with Crippen molar-refractivity contribution in [3.8, 4) is 0 Å². The van der Waals surface area contributed by atoms with Gasteiger partial charge in [0.2, 0.25) is 5.65 Å². The summed E-state index contributed by atoms with van der Waals surface area (Å²) in [6.07, 6.45) is 0. The first-order valence-electron chi connectivity index (χ1n) is 2.42. The van der Waals surface area contributed by atoms with Gasteiger partial charge in [-0.3, -0.25) is 4.79 Å². The fourth-order valence-corrected chi connectivity index (χ4v) is 0. The van der Waals surface area contributed by atoms with E-state index < -0.39 is 13.2 Å². The normalized spacial score (nSPS) is 9.60. The quantitative estimate of drug-likeness (QED) is 0.404. The SMILES string of the molecule is C[NH2+]C.NC(=O)P(=O)([O-])[O-].[H+]. The van der Waals surface area contributed by atoms with E-state index in [1.807, 2.05) is 19.4 Å². The number of quaternary nitrogens is 1. The van der Waals surface area contributed by atoms with Crippen molar-refractivity contribution in [3.05, 3.63) is 0 Å². The average molecular weight is 170 g/mol. The van der Waals surface area contributed by atoms with Crippen molar-refractivity contribution in [2.75, 3.05) is 14.1 Å². The fourth-order valence-electron chi connectivity index (χ4n) is 0. The Kier molecular flexibility index (Phi) is 6.59. The van der Waals surface area contributed by atoms with E-state index >= 15 is 0 Å². The van der Waals surface area contributed by atoms with Gasteiger partial charge < -0.3 is 25.4 Å². The van der Waals surface area contributed by atoms with Crippen molar-refractivity contribution in [1.82, 2.24) is 0 Å². The minimum atomic E-state index is -5.10. The second kappa shape index (κ2) is 5.37. The van der Waals surface area contributed by atoms with Gasteiger partial charge in [-0.05, 0) is 0 Å². The molecule has 10 heavy (non-hydrogen) atoms. The Hall–Kier alpha value is -0.420. The van der Waals surface area contributed by atoms with Gasteiger partial charge in [0.1, 0.15) is 0 Å². The second-order valence-electron chi connectivity index (χ2n) is 1.41. The highest BCUT2D eigenvalue weighted by Crippen LogP contribution is 2.20. The summed E-state index contributed by atoms with van der Waals surface area (Å²) in [6, 6.07) is 0. The molecule has 0 saturated carbocycles. The molecule has 0 radical (unpaired) electrons. The molecular weight excluding hydrogens is 159 g/mol. The molecule has 0 rings (SSSR count). The smallest absolute Gasteiger partial charge is 0.804 e. The lowest BCUT2D eigenvalue weighted by atomic mass is 11.3. The van der Waals surface area contributed by atoms with Crippen LogP contribution in [0.4, 0.5) is 4.79 Å². The lowest BCUT2D eigenvalue weighted by molar-refractivity contribution is -0.597. The number of hydrogen-bond acceptors (Lipinski definition) is 4. The highest BCUT2D eigenvalue weighted by molar-refractivity contribution is 7.67. The largest absolute Gasteiger partial charge is 1.00 e. The lowest BCUT2D eigenvalue weighted by Gasteiger charge is -2.23. The van der Waals surface area contributed by atoms with Gasteiger partial charge in [-0.25, -0.2) is 0 Å². The molecule has 0 atom stereocenters. The highest BCUT2D eigenvalue weighted by Gasteiger charge is 1.94. The molecule has 0 unspecified atom stereocenters. The second-order valence-corrected chi connectivity index (χ2v) is 2.85. The third-order valence-corrected chi connectivity index (χ3v) is 0.810. The topological polar surface area (TPSA) is 123 Å². The molecule has 0 spiro atoms. The van der Waals surface area contributed by atoms with E-state index in [0.717, 1.165) is 0 Å². The molecule has 1 amide bonds. The molecule has 0 aromatic carbocycles. The zero-order valence-electron chi connectivity index (χ0n) is 6.73. The molecule has 0 aliphatic heterocycles. The van der Waals surface area contributed by atoms with E-state index in [4.69, 9.17) is 0 Å². The van der Waals surface area contributed by atoms with Crippen LogP contribution < -0.4 is 20.8 Å². The molecule has 0 aliphatic rings. The first-order chi connectivity index (χ1) is 4.36. The predicted octanol–water partition coefficient (Wildman–Crippen LogP) is -3.10. The summed E-state index contributed by atoms with van der Waals surface area (Å²) in [4.78, 5) is 28.0. The molecule has 0 aromatic heterocycles. The number of carbonyl (C=O) groups is 1. The summed E-state index contributed by atoms with van der Waals surface area (Å²) in [7, 11) is -1.10. The molecule has 0 aliphatic carbocycles. The summed E-state index contributed by atoms with van der Waals surface area (Å²) in [5, 5.41) is 2.00. The summed E-state index contributed by atoms with van der Waals surface area (Å²) in [5.74, 6) is 0. The van der Waals surface area contributed by atoms with Crippen LogP contribution in [-0.2, 0) is 4.57 Å². The molecule has 6 nitrogen and oxygen atoms in total. The van der Waals surface area contributed by atoms with Gasteiger partial charge in [-0.1, -0.05) is 0 Å². The monoisotopic (exact) mass is 170 g/mol. The third kappa shape index (κ3) is 10.5. The minimum Gasteiger partial charge on any atom is -0.804 e. The molecule has 0 bridgehead atoms. The summed E-state index contributed by atoms with van der Waals surface area (Å²) in [6.45, 7) is 0. The van der Waals surface area contributed by atoms with Gasteiger partial charge in [0.25, 0.3) is 0 Å². The first-order valence-corrected chi connectivity index (χ1v) is 3.96. The highest BCUT2D eigenvalue weighted by atomic mass is 31.2. The molecular formula is C3H11N2O4P. The van der Waals surface area contributed by atoms with E-state index in [-0.39, 0.29) is 1.43 Å². The van der Waals surface area contributed by atoms with Crippen LogP contribution in [0, 0.1) is 0 Å². The minimum absolute atomic E-state index is 0. The Bertz CT molecular complexity index is 146. The summed E-state index contributed by atoms with van der Waals surface area (Å²) < 4.78 is 9.33. The predicted molar refractivity (Wildman–Crippen MR) is 32.1 cm³/mol. The standard InChI is InChI=1S/C2H7N.CH4NO4P/c1-3-2;2-1(3)7(4,5)6/h3H,1-2H3;(H2,2,3)(H2,4,5,6). The lowest BCUT2D eigenvalue weighted by Crippen LogP contribution is -2.74. The van der Waals surface area contributed by atoms with Crippen LogP contribution in [0.25, 0.3) is 0 Å². The number of rotatable bonds is 1. The van der Waals surface area contributed by atoms with Crippen molar-refractivity contribution in [3.63, 3.8) is 0 Å². The third-order valence-electron chi connectivity index (χ3n) is 0.270. The van der Waals surface area contributed by atoms with Gasteiger partial charge in [0.05, 0.1) is 14.1 Å². The van der Waals surface area contributed by atoms with E-state index in [1.165, 1.54) is 0 Å². The summed E-state index contributed by atoms with van der Waals surface area (Å²) in [5.41, 5.74) is 2.23. The van der Waals surface area contributed by atoms with Crippen molar-refractivity contribution >= 4 is 13.2 Å². The van der Waals surface area contributed by atoms with Gasteiger partial charge in [-0.15, -0.1) is 0 Å². The van der Waals surface area contributed by atoms with E-state index in [1.54, 1.807) is 0 Å². The number of primary amides is 1. The molecule has 0 aromatic rings. The van der Waals surface area contributed by atoms with Crippen LogP contribution in [0.2, 0.25) is 0 Å². The molecule has 0 heterocycles. The van der Waals surface area contributed by atoms with Gasteiger partial charge in [-0.2, -0.15) is 0 Å². The van der Waals surface area contributed by atoms with Gasteiger partial charge in [0.15, 0.2) is 0 Å². The van der Waals surface area contributed by atoms with Crippen LogP contribution in [0.3, 0.4) is 0 Å². The van der Waals surface area contributed by atoms with Crippen molar-refractivity contribution in [2.45, 2.75) is 0 Å². The van der Waals surface area contributed by atoms with E-state index in [0.29, 0.717) is 0 Å². The molecule has 0 saturated heterocycles. The Morgan fingerprint density at radius 1 is 1.60 bits per heavy atom. The van der Waals surface area contributed by atoms with E-state index in [9.17, 15) is 19.1 Å². The number of nitrogens with two attached hydrogens (primary N) is 2. The van der Waals surface area contributed by atoms with Crippen molar-refractivity contribution < 1.29 is 25.9 Å². The Morgan fingerprint density at radius 2 is 1.70 bits per heavy atom. The average Bonchev–Trinajstić information content (AvgIpc) is 1.64. The van der Waals surface area contributed by atoms with Gasteiger partial charge in [0, 0.05) is 7.60 Å². The molecule has 62 valence electrons. The Balaban J connectivity index is -0.000000140. The number of hydrogen-bond donors (Lipinski definition) is 2. The van der Waals surface area contributed by atoms with Crippen molar-refractivity contribution in [2.24, 2.45) is 5.73 Å². The van der Waals surface area contributed by atoms with Crippen LogP contribution in [0.15, 0.2) is 0 Å². The maximum atomic E-state index is 9.35. The Labute approximate surface area is 60.1 Å². The number of carbonyl (C=O) groups excluding carboxylic acids is 1. The zero-order valence-corrected chi connectivity index (χ0v) is 6.63. The number of amides is 1. The fraction of sp³-hybridized carbons (Fsp3) is 0.667. The molecule has 0 fully saturated rings.